The fourth-order valence-corrected chi connectivity index (χ4v) is 1.68. The molecular weight excluding hydrogens is 192 g/mol. The number of nitrogens with one attached hydrogen (secondary N) is 1. The van der Waals surface area contributed by atoms with Gasteiger partial charge in [0, 0.05) is 26.2 Å². The van der Waals surface area contributed by atoms with E-state index in [-0.39, 0.29) is 18.6 Å². The van der Waals surface area contributed by atoms with Gasteiger partial charge in [-0.3, -0.25) is 4.79 Å². The van der Waals surface area contributed by atoms with Gasteiger partial charge in [-0.05, 0) is 25.7 Å². The number of likely N-dealkylation sites (N-methyl/N-ethyl adjacent to an activating group) is 1. The Morgan fingerprint density at radius 3 is 2.67 bits per heavy atom. The lowest BCUT2D eigenvalue weighted by Crippen LogP contribution is -2.50. The number of nitrogens with zero attached hydrogens (tertiary/aromatic N) is 1. The Hall–Kier alpha value is -0.610. The lowest BCUT2D eigenvalue weighted by Gasteiger charge is -2.28. The SMILES string of the molecule is CCN(CC1CC1)C(=O)COC1CNC1. The number of carbonyl (C=O) groups excluding carboxylic acids is 1. The van der Waals surface area contributed by atoms with Gasteiger partial charge in [0.25, 0.3) is 0 Å². The molecule has 1 amide bonds. The highest BCUT2D eigenvalue weighted by Crippen LogP contribution is 2.29. The van der Waals surface area contributed by atoms with Crippen LogP contribution >= 0.6 is 0 Å². The van der Waals surface area contributed by atoms with E-state index in [9.17, 15) is 4.79 Å². The van der Waals surface area contributed by atoms with Crippen molar-refractivity contribution in [3.8, 4) is 0 Å². The summed E-state index contributed by atoms with van der Waals surface area (Å²) in [7, 11) is 0. The summed E-state index contributed by atoms with van der Waals surface area (Å²) in [6.07, 6.45) is 2.84. The van der Waals surface area contributed by atoms with E-state index in [0.29, 0.717) is 0 Å². The third-order valence-corrected chi connectivity index (χ3v) is 3.10. The van der Waals surface area contributed by atoms with Crippen molar-refractivity contribution in [1.29, 1.82) is 0 Å². The van der Waals surface area contributed by atoms with Gasteiger partial charge >= 0.3 is 0 Å². The molecule has 1 saturated carbocycles. The predicted octanol–water partition coefficient (Wildman–Crippen LogP) is 0.233. The minimum Gasteiger partial charge on any atom is -0.366 e. The van der Waals surface area contributed by atoms with Crippen LogP contribution in [0.2, 0.25) is 0 Å². The van der Waals surface area contributed by atoms with Gasteiger partial charge < -0.3 is 15.0 Å². The van der Waals surface area contributed by atoms with E-state index in [1.165, 1.54) is 12.8 Å². The first-order chi connectivity index (χ1) is 7.29. The molecule has 0 aromatic rings. The standard InChI is InChI=1S/C11H20N2O2/c1-2-13(7-9-3-4-9)11(14)8-15-10-5-12-6-10/h9-10,12H,2-8H2,1H3. The minimum absolute atomic E-state index is 0.149. The van der Waals surface area contributed by atoms with Gasteiger partial charge in [-0.25, -0.2) is 0 Å². The van der Waals surface area contributed by atoms with E-state index in [0.717, 1.165) is 32.1 Å². The zero-order chi connectivity index (χ0) is 10.7. The first-order valence-corrected chi connectivity index (χ1v) is 5.89. The molecule has 0 unspecified atom stereocenters. The van der Waals surface area contributed by atoms with E-state index in [1.807, 2.05) is 11.8 Å². The average Bonchev–Trinajstić information content (AvgIpc) is 2.95. The van der Waals surface area contributed by atoms with Crippen molar-refractivity contribution in [1.82, 2.24) is 10.2 Å². The fraction of sp³-hybridized carbons (Fsp3) is 0.909. The average molecular weight is 212 g/mol. The van der Waals surface area contributed by atoms with E-state index < -0.39 is 0 Å². The monoisotopic (exact) mass is 212 g/mol. The van der Waals surface area contributed by atoms with Crippen LogP contribution < -0.4 is 5.32 Å². The zero-order valence-electron chi connectivity index (χ0n) is 9.37. The molecule has 86 valence electrons. The third kappa shape index (κ3) is 3.18. The van der Waals surface area contributed by atoms with Crippen LogP contribution in [0.1, 0.15) is 19.8 Å². The topological polar surface area (TPSA) is 41.6 Å². The Morgan fingerprint density at radius 2 is 2.20 bits per heavy atom. The summed E-state index contributed by atoms with van der Waals surface area (Å²) in [5.74, 6) is 0.913. The van der Waals surface area contributed by atoms with Gasteiger partial charge in [-0.2, -0.15) is 0 Å². The summed E-state index contributed by atoms with van der Waals surface area (Å²) in [5, 5.41) is 3.12. The zero-order valence-corrected chi connectivity index (χ0v) is 9.37. The molecule has 1 aliphatic heterocycles. The van der Waals surface area contributed by atoms with Crippen molar-refractivity contribution < 1.29 is 9.53 Å². The van der Waals surface area contributed by atoms with Gasteiger partial charge in [0.15, 0.2) is 0 Å². The first-order valence-electron chi connectivity index (χ1n) is 5.89. The highest BCUT2D eigenvalue weighted by Gasteiger charge is 2.26. The predicted molar refractivity (Wildman–Crippen MR) is 57.6 cm³/mol. The maximum Gasteiger partial charge on any atom is 0.248 e. The van der Waals surface area contributed by atoms with Gasteiger partial charge in [-0.15, -0.1) is 0 Å². The summed E-state index contributed by atoms with van der Waals surface area (Å²) in [6, 6.07) is 0. The molecule has 1 aliphatic carbocycles. The van der Waals surface area contributed by atoms with Crippen LogP contribution in [-0.2, 0) is 9.53 Å². The van der Waals surface area contributed by atoms with E-state index in [4.69, 9.17) is 4.74 Å². The molecule has 15 heavy (non-hydrogen) atoms. The number of carbonyl (C=O) groups is 1. The Bertz CT molecular complexity index is 225. The van der Waals surface area contributed by atoms with Crippen LogP contribution in [0.4, 0.5) is 0 Å². The van der Waals surface area contributed by atoms with Crippen molar-refractivity contribution in [2.24, 2.45) is 5.92 Å². The molecule has 0 spiro atoms. The maximum atomic E-state index is 11.8. The second kappa shape index (κ2) is 4.94. The molecule has 0 aromatic heterocycles. The normalized spacial score (nSPS) is 21.1. The quantitative estimate of drug-likeness (QED) is 0.685. The third-order valence-electron chi connectivity index (χ3n) is 3.10. The van der Waals surface area contributed by atoms with E-state index in [1.54, 1.807) is 0 Å². The lowest BCUT2D eigenvalue weighted by molar-refractivity contribution is -0.139. The molecule has 4 nitrogen and oxygen atoms in total. The van der Waals surface area contributed by atoms with Crippen LogP contribution in [0, 0.1) is 5.92 Å². The summed E-state index contributed by atoms with van der Waals surface area (Å²) >= 11 is 0. The lowest BCUT2D eigenvalue weighted by atomic mass is 10.2. The summed E-state index contributed by atoms with van der Waals surface area (Å²) < 4.78 is 5.47. The van der Waals surface area contributed by atoms with Crippen LogP contribution in [0.3, 0.4) is 0 Å². The Kier molecular flexibility index (Phi) is 3.59. The van der Waals surface area contributed by atoms with E-state index in [2.05, 4.69) is 5.32 Å². The smallest absolute Gasteiger partial charge is 0.248 e. The molecule has 1 saturated heterocycles. The molecule has 4 heteroatoms. The second-order valence-electron chi connectivity index (χ2n) is 4.47. The Morgan fingerprint density at radius 1 is 1.47 bits per heavy atom. The molecular formula is C11H20N2O2. The van der Waals surface area contributed by atoms with Crippen LogP contribution in [0.25, 0.3) is 0 Å². The van der Waals surface area contributed by atoms with Crippen LogP contribution in [0.15, 0.2) is 0 Å². The summed E-state index contributed by atoms with van der Waals surface area (Å²) in [4.78, 5) is 13.7. The Balaban J connectivity index is 1.66. The number of ether oxygens (including phenoxy) is 1. The number of rotatable bonds is 6. The highest BCUT2D eigenvalue weighted by atomic mass is 16.5. The van der Waals surface area contributed by atoms with Gasteiger partial charge in [0.05, 0.1) is 6.10 Å². The highest BCUT2D eigenvalue weighted by molar-refractivity contribution is 5.77. The number of amides is 1. The summed E-state index contributed by atoms with van der Waals surface area (Å²) in [6.45, 7) is 5.81. The molecule has 0 bridgehead atoms. The largest absolute Gasteiger partial charge is 0.366 e. The number of hydrogen-bond acceptors (Lipinski definition) is 3. The molecule has 0 aromatic carbocycles. The molecule has 1 heterocycles. The maximum absolute atomic E-state index is 11.8. The Labute approximate surface area is 91.0 Å². The number of hydrogen-bond donors (Lipinski definition) is 1. The first kappa shape index (κ1) is 10.9. The molecule has 1 N–H and O–H groups in total. The molecule has 0 atom stereocenters. The molecule has 0 radical (unpaired) electrons. The van der Waals surface area contributed by atoms with Gasteiger partial charge in [-0.1, -0.05) is 0 Å². The van der Waals surface area contributed by atoms with Gasteiger partial charge in [0.2, 0.25) is 5.91 Å². The van der Waals surface area contributed by atoms with Crippen LogP contribution in [0.5, 0.6) is 0 Å². The van der Waals surface area contributed by atoms with Crippen molar-refractivity contribution in [3.63, 3.8) is 0 Å². The van der Waals surface area contributed by atoms with Crippen LogP contribution in [-0.4, -0.2) is 49.7 Å². The van der Waals surface area contributed by atoms with Crippen molar-refractivity contribution in [2.45, 2.75) is 25.9 Å². The second-order valence-corrected chi connectivity index (χ2v) is 4.47. The minimum atomic E-state index is 0.149. The van der Waals surface area contributed by atoms with Crippen molar-refractivity contribution >= 4 is 5.91 Å². The molecule has 2 aliphatic rings. The van der Waals surface area contributed by atoms with Crippen molar-refractivity contribution in [3.05, 3.63) is 0 Å². The van der Waals surface area contributed by atoms with E-state index >= 15 is 0 Å². The molecule has 2 fully saturated rings. The van der Waals surface area contributed by atoms with Crippen molar-refractivity contribution in [2.75, 3.05) is 32.8 Å². The fourth-order valence-electron chi connectivity index (χ4n) is 1.68. The molecule has 2 rings (SSSR count). The summed E-state index contributed by atoms with van der Waals surface area (Å²) in [5.41, 5.74) is 0. The van der Waals surface area contributed by atoms with Gasteiger partial charge in [0.1, 0.15) is 6.61 Å².